The molecule has 0 aliphatic heterocycles. The molecule has 2 N–H and O–H groups in total. The fraction of sp³-hybridized carbons (Fsp3) is 0.111. The van der Waals surface area contributed by atoms with E-state index >= 15 is 0 Å². The Kier molecular flexibility index (Phi) is 6.58. The molecule has 4 aromatic rings. The van der Waals surface area contributed by atoms with Gasteiger partial charge in [0, 0.05) is 5.69 Å². The third-order valence-corrected chi connectivity index (χ3v) is 5.52. The van der Waals surface area contributed by atoms with Crippen LogP contribution in [-0.4, -0.2) is 12.4 Å². The van der Waals surface area contributed by atoms with Crippen molar-refractivity contribution in [2.45, 2.75) is 17.8 Å². The first-order chi connectivity index (χ1) is 17.0. The first kappa shape index (κ1) is 25.0. The lowest BCUT2D eigenvalue weighted by Gasteiger charge is -2.38. The maximum Gasteiger partial charge on any atom is 0.411 e. The molecule has 0 saturated heterocycles. The fourth-order valence-electron chi connectivity index (χ4n) is 3.82. The summed E-state index contributed by atoms with van der Waals surface area (Å²) < 4.78 is 97.3. The summed E-state index contributed by atoms with van der Waals surface area (Å²) in [5.41, 5.74) is -0.194. The Morgan fingerprint density at radius 2 is 0.778 bits per heavy atom. The van der Waals surface area contributed by atoms with Crippen LogP contribution in [0.4, 0.5) is 32.0 Å². The zero-order chi connectivity index (χ0) is 26.0. The summed E-state index contributed by atoms with van der Waals surface area (Å²) in [4.78, 5) is 0. The van der Waals surface area contributed by atoms with Crippen molar-refractivity contribution >= 4 is 5.69 Å². The van der Waals surface area contributed by atoms with Gasteiger partial charge in [-0.25, -0.2) is 0 Å². The molecule has 0 spiro atoms. The lowest BCUT2D eigenvalue weighted by molar-refractivity contribution is -0.288. The predicted octanol–water partition coefficient (Wildman–Crippen LogP) is 8.26. The topological polar surface area (TPSA) is 44.5 Å². The number of alkyl halides is 6. The minimum absolute atomic E-state index is 0.0633. The van der Waals surface area contributed by atoms with E-state index in [0.29, 0.717) is 17.2 Å². The molecule has 0 aliphatic rings. The number of para-hydroxylation sites is 1. The van der Waals surface area contributed by atoms with Gasteiger partial charge in [0.05, 0.1) is 0 Å². The average molecular weight is 503 g/mol. The maximum atomic E-state index is 14.4. The SMILES string of the molecule is Nc1ccc(Oc2ccc(C(c3ccc(Oc4ccccc4)cc3)(C(F)(F)F)C(F)(F)F)cc2)cc1. The van der Waals surface area contributed by atoms with Gasteiger partial charge in [-0.3, -0.25) is 0 Å². The summed E-state index contributed by atoms with van der Waals surface area (Å²) in [5.74, 6) is 0.868. The molecule has 0 heterocycles. The van der Waals surface area contributed by atoms with Gasteiger partial charge in [-0.05, 0) is 71.8 Å². The third-order valence-electron chi connectivity index (χ3n) is 5.52. The molecule has 0 amide bonds. The Morgan fingerprint density at radius 3 is 1.14 bits per heavy atom. The Morgan fingerprint density at radius 1 is 0.444 bits per heavy atom. The van der Waals surface area contributed by atoms with E-state index in [1.807, 2.05) is 0 Å². The minimum atomic E-state index is -5.70. The molecular formula is C27H19F6NO2. The van der Waals surface area contributed by atoms with Crippen molar-refractivity contribution in [1.29, 1.82) is 0 Å². The van der Waals surface area contributed by atoms with Crippen LogP contribution in [0.25, 0.3) is 0 Å². The Bertz CT molecular complexity index is 1270. The number of hydrogen-bond donors (Lipinski definition) is 1. The molecule has 0 atom stereocenters. The predicted molar refractivity (Wildman–Crippen MR) is 123 cm³/mol. The van der Waals surface area contributed by atoms with E-state index < -0.39 is 28.9 Å². The molecule has 0 saturated carbocycles. The maximum absolute atomic E-state index is 14.4. The van der Waals surface area contributed by atoms with Gasteiger partial charge in [0.15, 0.2) is 0 Å². The van der Waals surface area contributed by atoms with E-state index in [9.17, 15) is 26.3 Å². The van der Waals surface area contributed by atoms with E-state index in [4.69, 9.17) is 15.2 Å². The van der Waals surface area contributed by atoms with Gasteiger partial charge in [-0.15, -0.1) is 0 Å². The minimum Gasteiger partial charge on any atom is -0.457 e. The van der Waals surface area contributed by atoms with Crippen LogP contribution >= 0.6 is 0 Å². The first-order valence-corrected chi connectivity index (χ1v) is 10.6. The average Bonchev–Trinajstić information content (AvgIpc) is 2.82. The second kappa shape index (κ2) is 9.49. The van der Waals surface area contributed by atoms with Crippen molar-refractivity contribution in [3.63, 3.8) is 0 Å². The highest BCUT2D eigenvalue weighted by molar-refractivity contribution is 5.48. The van der Waals surface area contributed by atoms with Gasteiger partial charge in [-0.1, -0.05) is 42.5 Å². The van der Waals surface area contributed by atoms with Crippen molar-refractivity contribution in [1.82, 2.24) is 0 Å². The van der Waals surface area contributed by atoms with Gasteiger partial charge in [0.1, 0.15) is 23.0 Å². The molecule has 186 valence electrons. The zero-order valence-electron chi connectivity index (χ0n) is 18.5. The first-order valence-electron chi connectivity index (χ1n) is 10.6. The monoisotopic (exact) mass is 503 g/mol. The Labute approximate surface area is 202 Å². The number of hydrogen-bond acceptors (Lipinski definition) is 3. The van der Waals surface area contributed by atoms with Crippen LogP contribution in [0.5, 0.6) is 23.0 Å². The highest BCUT2D eigenvalue weighted by Crippen LogP contribution is 2.56. The number of halogens is 6. The normalized spacial score (nSPS) is 12.3. The smallest absolute Gasteiger partial charge is 0.411 e. The van der Waals surface area contributed by atoms with Gasteiger partial charge in [0.25, 0.3) is 0 Å². The lowest BCUT2D eigenvalue weighted by Crippen LogP contribution is -2.54. The fourth-order valence-corrected chi connectivity index (χ4v) is 3.82. The van der Waals surface area contributed by atoms with Crippen LogP contribution in [-0.2, 0) is 5.41 Å². The van der Waals surface area contributed by atoms with E-state index in [-0.39, 0.29) is 11.5 Å². The zero-order valence-corrected chi connectivity index (χ0v) is 18.5. The van der Waals surface area contributed by atoms with Crippen LogP contribution in [0.1, 0.15) is 11.1 Å². The highest BCUT2D eigenvalue weighted by atomic mass is 19.4. The van der Waals surface area contributed by atoms with E-state index in [1.165, 1.54) is 12.1 Å². The Balaban J connectivity index is 1.73. The number of ether oxygens (including phenoxy) is 2. The lowest BCUT2D eigenvalue weighted by atomic mass is 9.73. The molecule has 0 aliphatic carbocycles. The molecule has 4 aromatic carbocycles. The van der Waals surface area contributed by atoms with Crippen LogP contribution < -0.4 is 15.2 Å². The number of benzene rings is 4. The second-order valence-corrected chi connectivity index (χ2v) is 7.88. The third kappa shape index (κ3) is 4.82. The number of anilines is 1. The van der Waals surface area contributed by atoms with E-state index in [2.05, 4.69) is 0 Å². The largest absolute Gasteiger partial charge is 0.457 e. The Hall–Kier alpha value is -4.14. The number of nitrogens with two attached hydrogens (primary N) is 1. The van der Waals surface area contributed by atoms with Gasteiger partial charge in [-0.2, -0.15) is 26.3 Å². The molecule has 0 aromatic heterocycles. The van der Waals surface area contributed by atoms with Crippen LogP contribution in [0, 0.1) is 0 Å². The van der Waals surface area contributed by atoms with Gasteiger partial charge in [0.2, 0.25) is 5.41 Å². The summed E-state index contributed by atoms with van der Waals surface area (Å²) >= 11 is 0. The molecule has 4 rings (SSSR count). The second-order valence-electron chi connectivity index (χ2n) is 7.88. The summed E-state index contributed by atoms with van der Waals surface area (Å²) in [7, 11) is 0. The molecule has 0 unspecified atom stereocenters. The summed E-state index contributed by atoms with van der Waals surface area (Å²) in [6.45, 7) is 0. The van der Waals surface area contributed by atoms with Crippen LogP contribution in [0.3, 0.4) is 0 Å². The van der Waals surface area contributed by atoms with Crippen LogP contribution in [0.2, 0.25) is 0 Å². The molecule has 0 bridgehead atoms. The molecule has 9 heteroatoms. The number of rotatable bonds is 6. The summed E-state index contributed by atoms with van der Waals surface area (Å²) in [6, 6.07) is 21.8. The van der Waals surface area contributed by atoms with Crippen molar-refractivity contribution in [3.05, 3.63) is 114 Å². The molecular weight excluding hydrogens is 484 g/mol. The molecule has 36 heavy (non-hydrogen) atoms. The van der Waals surface area contributed by atoms with Crippen molar-refractivity contribution < 1.29 is 35.8 Å². The van der Waals surface area contributed by atoms with Crippen LogP contribution in [0.15, 0.2) is 103 Å². The molecule has 0 radical (unpaired) electrons. The van der Waals surface area contributed by atoms with Crippen molar-refractivity contribution in [2.75, 3.05) is 5.73 Å². The van der Waals surface area contributed by atoms with E-state index in [0.717, 1.165) is 48.5 Å². The van der Waals surface area contributed by atoms with Gasteiger partial charge < -0.3 is 15.2 Å². The summed E-state index contributed by atoms with van der Waals surface area (Å²) in [6.07, 6.45) is -11.4. The standard InChI is InChI=1S/C27H19F6NO2/c28-26(29,30)25(27(31,32)33,18-6-12-22(13-7-18)35-21-4-2-1-3-5-21)19-8-14-23(15-9-19)36-24-16-10-20(34)11-17-24/h1-17H,34H2. The number of nitrogen functional groups attached to an aromatic ring is 1. The quantitative estimate of drug-likeness (QED) is 0.213. The summed E-state index contributed by atoms with van der Waals surface area (Å²) in [5, 5.41) is 0. The van der Waals surface area contributed by atoms with Crippen molar-refractivity contribution in [3.8, 4) is 23.0 Å². The highest BCUT2D eigenvalue weighted by Gasteiger charge is 2.72. The molecule has 0 fully saturated rings. The van der Waals surface area contributed by atoms with Crippen molar-refractivity contribution in [2.24, 2.45) is 0 Å². The van der Waals surface area contributed by atoms with Gasteiger partial charge >= 0.3 is 12.4 Å². The molecule has 3 nitrogen and oxygen atoms in total. The van der Waals surface area contributed by atoms with E-state index in [1.54, 1.807) is 42.5 Å².